The second kappa shape index (κ2) is 6.65. The van der Waals surface area contributed by atoms with Gasteiger partial charge in [0.1, 0.15) is 18.3 Å². The van der Waals surface area contributed by atoms with Crippen molar-refractivity contribution in [2.75, 3.05) is 12.8 Å². The van der Waals surface area contributed by atoms with Gasteiger partial charge in [-0.05, 0) is 49.6 Å². The zero-order chi connectivity index (χ0) is 22.7. The standard InChI is InChI=1S/C20H20N9O3/c1-20(2,3)32-19(30)29(4)13-8-7-11(10-12(13)24-27-29)28-17-16(25-26-28)15(22-18(21)23-17)14-6-5-9-31-14/h5-10H,1-4H3,(H2,21,22,23)/q+1. The minimum atomic E-state index is -0.651. The molecule has 4 heterocycles. The topological polar surface area (TPSA) is 147 Å². The Kier molecular flexibility index (Phi) is 4.11. The largest absolute Gasteiger partial charge is 0.550 e. The molecule has 1 atom stereocenters. The molecule has 0 spiro atoms. The predicted octanol–water partition coefficient (Wildman–Crippen LogP) is 3.94. The first-order valence-electron chi connectivity index (χ1n) is 9.77. The quantitative estimate of drug-likeness (QED) is 0.467. The van der Waals surface area contributed by atoms with Crippen molar-refractivity contribution in [1.82, 2.24) is 29.6 Å². The highest BCUT2D eigenvalue weighted by Crippen LogP contribution is 2.42. The summed E-state index contributed by atoms with van der Waals surface area (Å²) in [6.45, 7) is 5.40. The van der Waals surface area contributed by atoms with Crippen LogP contribution in [0.3, 0.4) is 0 Å². The van der Waals surface area contributed by atoms with Gasteiger partial charge in [-0.2, -0.15) is 14.5 Å². The van der Waals surface area contributed by atoms with Crippen molar-refractivity contribution in [2.45, 2.75) is 26.4 Å². The van der Waals surface area contributed by atoms with Crippen molar-refractivity contribution in [2.24, 2.45) is 10.3 Å². The molecule has 5 rings (SSSR count). The summed E-state index contributed by atoms with van der Waals surface area (Å²) in [6, 6.07) is 8.77. The number of hydrogen-bond acceptors (Lipinski definition) is 10. The zero-order valence-corrected chi connectivity index (χ0v) is 17.8. The average molecular weight is 434 g/mol. The predicted molar refractivity (Wildman–Crippen MR) is 115 cm³/mol. The Morgan fingerprint density at radius 3 is 2.75 bits per heavy atom. The molecule has 4 aromatic rings. The second-order valence-electron chi connectivity index (χ2n) is 8.38. The van der Waals surface area contributed by atoms with E-state index < -0.39 is 16.3 Å². The number of furan rings is 1. The number of amides is 1. The molecule has 0 fully saturated rings. The highest BCUT2D eigenvalue weighted by Gasteiger charge is 2.46. The van der Waals surface area contributed by atoms with Gasteiger partial charge in [0.05, 0.1) is 12.0 Å². The van der Waals surface area contributed by atoms with Crippen LogP contribution in [0, 0.1) is 0 Å². The summed E-state index contributed by atoms with van der Waals surface area (Å²) >= 11 is 0. The molecule has 0 saturated heterocycles. The van der Waals surface area contributed by atoms with E-state index in [1.165, 1.54) is 10.9 Å². The Morgan fingerprint density at radius 2 is 2.03 bits per heavy atom. The second-order valence-corrected chi connectivity index (χ2v) is 8.38. The SMILES string of the molecule is CC(C)(C)OC(=O)[N+]1(C)N=Nc2cc(-n3nnc4c(-c5ccco5)nc(N)nc43)ccc21. The van der Waals surface area contributed by atoms with Crippen molar-refractivity contribution in [3.63, 3.8) is 0 Å². The first-order chi connectivity index (χ1) is 15.2. The van der Waals surface area contributed by atoms with E-state index >= 15 is 0 Å². The van der Waals surface area contributed by atoms with Crippen molar-refractivity contribution in [1.29, 1.82) is 0 Å². The molecule has 1 amide bonds. The zero-order valence-electron chi connectivity index (χ0n) is 17.8. The molecular formula is C20H20N9O3+. The summed E-state index contributed by atoms with van der Waals surface area (Å²) < 4.78 is 12.0. The van der Waals surface area contributed by atoms with Crippen LogP contribution < -0.4 is 10.3 Å². The Balaban J connectivity index is 1.57. The molecule has 1 aliphatic rings. The minimum absolute atomic E-state index is 0.0578. The number of fused-ring (bicyclic) bond motifs is 2. The van der Waals surface area contributed by atoms with E-state index in [1.807, 2.05) is 0 Å². The Hall–Kier alpha value is -4.19. The number of hydrogen-bond donors (Lipinski definition) is 1. The summed E-state index contributed by atoms with van der Waals surface area (Å²) in [4.78, 5) is 21.3. The number of rotatable bonds is 2. The molecule has 2 N–H and O–H groups in total. The summed E-state index contributed by atoms with van der Waals surface area (Å²) in [5.41, 5.74) is 8.27. The van der Waals surface area contributed by atoms with Crippen molar-refractivity contribution in [3.05, 3.63) is 36.6 Å². The molecule has 3 aromatic heterocycles. The monoisotopic (exact) mass is 434 g/mol. The van der Waals surface area contributed by atoms with E-state index in [-0.39, 0.29) is 5.95 Å². The van der Waals surface area contributed by atoms with Crippen LogP contribution in [0.15, 0.2) is 51.3 Å². The van der Waals surface area contributed by atoms with Gasteiger partial charge in [-0.25, -0.2) is 4.98 Å². The van der Waals surface area contributed by atoms with Crippen LogP contribution in [-0.2, 0) is 4.74 Å². The van der Waals surface area contributed by atoms with Crippen LogP contribution in [0.4, 0.5) is 22.1 Å². The van der Waals surface area contributed by atoms with Crippen LogP contribution in [0.25, 0.3) is 28.3 Å². The molecule has 162 valence electrons. The number of nitrogens with zero attached hydrogens (tertiary/aromatic N) is 8. The average Bonchev–Trinajstić information content (AvgIpc) is 3.45. The molecule has 12 heteroatoms. The van der Waals surface area contributed by atoms with Gasteiger partial charge in [0.2, 0.25) is 5.95 Å². The third kappa shape index (κ3) is 3.08. The molecule has 1 unspecified atom stereocenters. The lowest BCUT2D eigenvalue weighted by molar-refractivity contribution is 0.0310. The lowest BCUT2D eigenvalue weighted by Gasteiger charge is -2.24. The lowest BCUT2D eigenvalue weighted by Crippen LogP contribution is -2.47. The number of nitrogen functional groups attached to an aromatic ring is 1. The molecule has 0 aliphatic carbocycles. The normalized spacial score (nSPS) is 17.6. The van der Waals surface area contributed by atoms with Crippen LogP contribution in [0.2, 0.25) is 0 Å². The summed E-state index contributed by atoms with van der Waals surface area (Å²) in [5.74, 6) is 0.562. The molecule has 1 aromatic carbocycles. The van der Waals surface area contributed by atoms with E-state index in [4.69, 9.17) is 14.9 Å². The van der Waals surface area contributed by atoms with E-state index in [0.717, 1.165) is 0 Å². The first kappa shape index (κ1) is 19.8. The van der Waals surface area contributed by atoms with Gasteiger partial charge in [-0.15, -0.1) is 5.10 Å². The summed E-state index contributed by atoms with van der Waals surface area (Å²) in [5, 5.41) is 16.8. The fourth-order valence-corrected chi connectivity index (χ4v) is 3.35. The Bertz CT molecular complexity index is 1390. The smallest absolute Gasteiger partial charge is 0.463 e. The maximum absolute atomic E-state index is 12.8. The Morgan fingerprint density at radius 1 is 1.22 bits per heavy atom. The lowest BCUT2D eigenvalue weighted by atomic mass is 10.2. The van der Waals surface area contributed by atoms with Crippen molar-refractivity contribution in [3.8, 4) is 17.1 Å². The van der Waals surface area contributed by atoms with Gasteiger partial charge < -0.3 is 14.9 Å². The molecular weight excluding hydrogens is 414 g/mol. The minimum Gasteiger partial charge on any atom is -0.463 e. The van der Waals surface area contributed by atoms with E-state index in [0.29, 0.717) is 39.7 Å². The van der Waals surface area contributed by atoms with Crippen LogP contribution >= 0.6 is 0 Å². The number of carbonyl (C=O) groups excluding carboxylic acids is 1. The molecule has 0 bridgehead atoms. The van der Waals surface area contributed by atoms with Gasteiger partial charge in [0, 0.05) is 11.3 Å². The number of anilines is 1. The van der Waals surface area contributed by atoms with E-state index in [1.54, 1.807) is 58.2 Å². The van der Waals surface area contributed by atoms with E-state index in [2.05, 4.69) is 30.6 Å². The van der Waals surface area contributed by atoms with Crippen LogP contribution in [0.5, 0.6) is 0 Å². The number of quaternary nitrogens is 1. The Labute approximate surface area is 181 Å². The van der Waals surface area contributed by atoms with Gasteiger partial charge in [-0.1, -0.05) is 10.3 Å². The van der Waals surface area contributed by atoms with E-state index in [9.17, 15) is 4.79 Å². The number of ether oxygens (including phenoxy) is 1. The van der Waals surface area contributed by atoms with Crippen LogP contribution in [-0.4, -0.2) is 43.7 Å². The number of aromatic nitrogens is 5. The molecule has 12 nitrogen and oxygen atoms in total. The maximum Gasteiger partial charge on any atom is 0.550 e. The summed E-state index contributed by atoms with van der Waals surface area (Å²) in [7, 11) is 1.62. The number of benzene rings is 1. The highest BCUT2D eigenvalue weighted by atomic mass is 16.6. The van der Waals surface area contributed by atoms with Gasteiger partial charge in [-0.3, -0.25) is 0 Å². The fourth-order valence-electron chi connectivity index (χ4n) is 3.35. The molecule has 1 aliphatic heterocycles. The number of nitrogens with two attached hydrogens (primary N) is 1. The third-order valence-corrected chi connectivity index (χ3v) is 4.83. The fraction of sp³-hybridized carbons (Fsp3) is 0.250. The maximum atomic E-state index is 12.8. The number of carbonyl (C=O) groups is 1. The van der Waals surface area contributed by atoms with Gasteiger partial charge >= 0.3 is 6.09 Å². The third-order valence-electron chi connectivity index (χ3n) is 4.83. The van der Waals surface area contributed by atoms with Crippen molar-refractivity contribution < 1.29 is 13.9 Å². The van der Waals surface area contributed by atoms with Crippen LogP contribution in [0.1, 0.15) is 20.8 Å². The molecule has 0 saturated carbocycles. The summed E-state index contributed by atoms with van der Waals surface area (Å²) in [6.07, 6.45) is 1.01. The van der Waals surface area contributed by atoms with Gasteiger partial charge in [0.15, 0.2) is 28.3 Å². The molecule has 32 heavy (non-hydrogen) atoms. The highest BCUT2D eigenvalue weighted by molar-refractivity contribution is 5.89. The molecule has 0 radical (unpaired) electrons. The first-order valence-corrected chi connectivity index (χ1v) is 9.77. The van der Waals surface area contributed by atoms with Gasteiger partial charge in [0.25, 0.3) is 0 Å². The van der Waals surface area contributed by atoms with Crippen molar-refractivity contribution >= 4 is 34.6 Å².